The van der Waals surface area contributed by atoms with Crippen LogP contribution in [-0.4, -0.2) is 47.8 Å². The summed E-state index contributed by atoms with van der Waals surface area (Å²) in [6, 6.07) is 0.672. The molecule has 122 valence electrons. The quantitative estimate of drug-likeness (QED) is 0.845. The second kappa shape index (κ2) is 6.17. The Bertz CT molecular complexity index is 349. The van der Waals surface area contributed by atoms with E-state index in [9.17, 15) is 0 Å². The first-order valence-electron chi connectivity index (χ1n) is 9.15. The highest BCUT2D eigenvalue weighted by Gasteiger charge is 2.42. The van der Waals surface area contributed by atoms with Crippen molar-refractivity contribution in [1.29, 1.82) is 0 Å². The van der Waals surface area contributed by atoms with E-state index in [-0.39, 0.29) is 11.1 Å². The van der Waals surface area contributed by atoms with Crippen molar-refractivity contribution in [2.24, 2.45) is 0 Å². The molecule has 3 nitrogen and oxygen atoms in total. The van der Waals surface area contributed by atoms with Crippen LogP contribution in [0.1, 0.15) is 72.1 Å². The molecular formula is C18H34N2O. The van der Waals surface area contributed by atoms with Gasteiger partial charge in [-0.2, -0.15) is 0 Å². The lowest BCUT2D eigenvalue weighted by atomic mass is 9.83. The van der Waals surface area contributed by atoms with Crippen molar-refractivity contribution in [3.05, 3.63) is 0 Å². The normalized spacial score (nSPS) is 36.7. The SMILES string of the molecule is CC1CCNC(C)(C)CN1CC1CCC2(CCCCC2)O1. The zero-order valence-corrected chi connectivity index (χ0v) is 14.3. The van der Waals surface area contributed by atoms with Crippen LogP contribution >= 0.6 is 0 Å². The minimum Gasteiger partial charge on any atom is -0.370 e. The summed E-state index contributed by atoms with van der Waals surface area (Å²) in [6.45, 7) is 10.5. The fourth-order valence-corrected chi connectivity index (χ4v) is 4.62. The monoisotopic (exact) mass is 294 g/mol. The summed E-state index contributed by atoms with van der Waals surface area (Å²) in [5, 5.41) is 3.68. The molecule has 3 aliphatic rings. The first-order chi connectivity index (χ1) is 9.98. The van der Waals surface area contributed by atoms with Crippen molar-refractivity contribution in [3.63, 3.8) is 0 Å². The van der Waals surface area contributed by atoms with E-state index in [1.165, 1.54) is 51.4 Å². The van der Waals surface area contributed by atoms with Gasteiger partial charge in [0.1, 0.15) is 0 Å². The molecule has 0 amide bonds. The van der Waals surface area contributed by atoms with Crippen LogP contribution in [0.4, 0.5) is 0 Å². The van der Waals surface area contributed by atoms with Gasteiger partial charge in [0.05, 0.1) is 11.7 Å². The third kappa shape index (κ3) is 3.80. The molecule has 3 rings (SSSR count). The Hall–Kier alpha value is -0.120. The Balaban J connectivity index is 1.58. The zero-order valence-electron chi connectivity index (χ0n) is 14.3. The highest BCUT2D eigenvalue weighted by atomic mass is 16.5. The summed E-state index contributed by atoms with van der Waals surface area (Å²) in [7, 11) is 0. The van der Waals surface area contributed by atoms with E-state index < -0.39 is 0 Å². The number of nitrogens with one attached hydrogen (secondary N) is 1. The Morgan fingerprint density at radius 2 is 1.86 bits per heavy atom. The zero-order chi connectivity index (χ0) is 14.9. The minimum absolute atomic E-state index is 0.228. The molecule has 2 unspecified atom stereocenters. The van der Waals surface area contributed by atoms with Crippen molar-refractivity contribution < 1.29 is 4.74 Å². The van der Waals surface area contributed by atoms with Crippen LogP contribution in [0.3, 0.4) is 0 Å². The molecular weight excluding hydrogens is 260 g/mol. The average molecular weight is 294 g/mol. The van der Waals surface area contributed by atoms with E-state index in [4.69, 9.17) is 4.74 Å². The van der Waals surface area contributed by atoms with E-state index in [2.05, 4.69) is 31.0 Å². The second-order valence-electron chi connectivity index (χ2n) is 8.40. The Labute approximate surface area is 130 Å². The van der Waals surface area contributed by atoms with Gasteiger partial charge in [0.25, 0.3) is 0 Å². The summed E-state index contributed by atoms with van der Waals surface area (Å²) in [5.41, 5.74) is 0.498. The number of rotatable bonds is 2. The lowest BCUT2D eigenvalue weighted by molar-refractivity contribution is -0.0750. The third-order valence-corrected chi connectivity index (χ3v) is 5.93. The highest BCUT2D eigenvalue weighted by Crippen LogP contribution is 2.42. The van der Waals surface area contributed by atoms with Crippen molar-refractivity contribution in [1.82, 2.24) is 10.2 Å². The van der Waals surface area contributed by atoms with Gasteiger partial charge < -0.3 is 10.1 Å². The second-order valence-corrected chi connectivity index (χ2v) is 8.40. The molecule has 0 bridgehead atoms. The molecule has 21 heavy (non-hydrogen) atoms. The van der Waals surface area contributed by atoms with Crippen molar-refractivity contribution in [2.75, 3.05) is 19.6 Å². The molecule has 2 atom stereocenters. The molecule has 0 aromatic carbocycles. The van der Waals surface area contributed by atoms with Crippen LogP contribution in [-0.2, 0) is 4.74 Å². The molecule has 0 radical (unpaired) electrons. The van der Waals surface area contributed by atoms with Crippen LogP contribution in [0.2, 0.25) is 0 Å². The van der Waals surface area contributed by atoms with Gasteiger partial charge in [0.2, 0.25) is 0 Å². The van der Waals surface area contributed by atoms with Crippen LogP contribution in [0.15, 0.2) is 0 Å². The Morgan fingerprint density at radius 1 is 1.10 bits per heavy atom. The highest BCUT2D eigenvalue weighted by molar-refractivity contribution is 4.94. The smallest absolute Gasteiger partial charge is 0.0710 e. The third-order valence-electron chi connectivity index (χ3n) is 5.93. The number of hydrogen-bond donors (Lipinski definition) is 1. The molecule has 1 saturated carbocycles. The van der Waals surface area contributed by atoms with Crippen molar-refractivity contribution in [2.45, 2.75) is 95.4 Å². The summed E-state index contributed by atoms with van der Waals surface area (Å²) in [6.07, 6.45) is 11.1. The number of hydrogen-bond acceptors (Lipinski definition) is 3. The maximum Gasteiger partial charge on any atom is 0.0710 e. The van der Waals surface area contributed by atoms with Crippen LogP contribution in [0, 0.1) is 0 Å². The standard InChI is InChI=1S/C18H34N2O/c1-15-8-12-19-17(2,3)14-20(15)13-16-7-11-18(21-16)9-5-4-6-10-18/h15-16,19H,4-14H2,1-3H3. The largest absolute Gasteiger partial charge is 0.370 e. The van der Waals surface area contributed by atoms with Gasteiger partial charge in [-0.05, 0) is 59.4 Å². The fourth-order valence-electron chi connectivity index (χ4n) is 4.62. The first kappa shape index (κ1) is 15.8. The molecule has 2 saturated heterocycles. The molecule has 1 spiro atoms. The van der Waals surface area contributed by atoms with Crippen molar-refractivity contribution in [3.8, 4) is 0 Å². The van der Waals surface area contributed by atoms with Crippen LogP contribution in [0.5, 0.6) is 0 Å². The maximum atomic E-state index is 6.59. The van der Waals surface area contributed by atoms with Gasteiger partial charge in [-0.3, -0.25) is 4.90 Å². The number of ether oxygens (including phenoxy) is 1. The molecule has 1 aliphatic carbocycles. The van der Waals surface area contributed by atoms with Crippen LogP contribution in [0.25, 0.3) is 0 Å². The van der Waals surface area contributed by atoms with Gasteiger partial charge in [0.15, 0.2) is 0 Å². The molecule has 0 aromatic heterocycles. The molecule has 3 fully saturated rings. The predicted octanol–water partition coefficient (Wildman–Crippen LogP) is 3.33. The van der Waals surface area contributed by atoms with Crippen molar-refractivity contribution >= 4 is 0 Å². The summed E-state index contributed by atoms with van der Waals surface area (Å²) < 4.78 is 6.59. The van der Waals surface area contributed by atoms with E-state index in [0.29, 0.717) is 12.1 Å². The molecule has 1 N–H and O–H groups in total. The lowest BCUT2D eigenvalue weighted by Gasteiger charge is -2.36. The molecule has 3 heteroatoms. The van der Waals surface area contributed by atoms with Crippen LogP contribution < -0.4 is 5.32 Å². The maximum absolute atomic E-state index is 6.59. The average Bonchev–Trinajstić information content (AvgIpc) is 2.74. The van der Waals surface area contributed by atoms with E-state index in [0.717, 1.165) is 19.6 Å². The summed E-state index contributed by atoms with van der Waals surface area (Å²) in [5.74, 6) is 0. The fraction of sp³-hybridized carbons (Fsp3) is 1.00. The van der Waals surface area contributed by atoms with E-state index in [1.807, 2.05) is 0 Å². The van der Waals surface area contributed by atoms with E-state index >= 15 is 0 Å². The molecule has 2 aliphatic heterocycles. The number of nitrogens with zero attached hydrogens (tertiary/aromatic N) is 1. The molecule has 2 heterocycles. The van der Waals surface area contributed by atoms with Gasteiger partial charge in [0, 0.05) is 24.7 Å². The first-order valence-corrected chi connectivity index (χ1v) is 9.15. The lowest BCUT2D eigenvalue weighted by Crippen LogP contribution is -2.49. The summed E-state index contributed by atoms with van der Waals surface area (Å²) >= 11 is 0. The predicted molar refractivity (Wildman–Crippen MR) is 87.7 cm³/mol. The minimum atomic E-state index is 0.228. The van der Waals surface area contributed by atoms with Gasteiger partial charge in [-0.25, -0.2) is 0 Å². The van der Waals surface area contributed by atoms with Gasteiger partial charge >= 0.3 is 0 Å². The van der Waals surface area contributed by atoms with E-state index in [1.54, 1.807) is 0 Å². The molecule has 0 aromatic rings. The topological polar surface area (TPSA) is 24.5 Å². The van der Waals surface area contributed by atoms with Gasteiger partial charge in [-0.15, -0.1) is 0 Å². The Morgan fingerprint density at radius 3 is 2.62 bits per heavy atom. The van der Waals surface area contributed by atoms with Gasteiger partial charge in [-0.1, -0.05) is 19.3 Å². The Kier molecular flexibility index (Phi) is 4.63. The summed E-state index contributed by atoms with van der Waals surface area (Å²) in [4.78, 5) is 2.67.